The minimum Gasteiger partial charge on any atom is -0.545 e. The lowest BCUT2D eigenvalue weighted by molar-refractivity contribution is -0.387. The monoisotopic (exact) mass is 295 g/mol. The topological polar surface area (TPSA) is 96.2 Å². The number of carbonyl (C=O) groups excluding carboxylic acids is 1. The molecular formula is C11H7N2O4S2-. The van der Waals surface area contributed by atoms with Crippen LogP contribution in [0.1, 0.15) is 16.1 Å². The fourth-order valence-corrected chi connectivity index (χ4v) is 3.23. The molecule has 2 rings (SSSR count). The first-order chi connectivity index (χ1) is 8.97. The summed E-state index contributed by atoms with van der Waals surface area (Å²) >= 11 is 2.51. The zero-order valence-electron chi connectivity index (χ0n) is 9.65. The Morgan fingerprint density at radius 3 is 2.74 bits per heavy atom. The van der Waals surface area contributed by atoms with E-state index in [4.69, 9.17) is 0 Å². The van der Waals surface area contributed by atoms with Crippen LogP contribution in [0.15, 0.2) is 32.8 Å². The zero-order chi connectivity index (χ0) is 14.0. The van der Waals surface area contributed by atoms with Gasteiger partial charge < -0.3 is 9.90 Å². The number of carboxylic acid groups (broad SMARTS) is 1. The molecule has 98 valence electrons. The third kappa shape index (κ3) is 3.09. The molecule has 1 aromatic carbocycles. The first-order valence-corrected chi connectivity index (χ1v) is 6.77. The number of hydrogen-bond donors (Lipinski definition) is 0. The van der Waals surface area contributed by atoms with Gasteiger partial charge >= 0.3 is 0 Å². The van der Waals surface area contributed by atoms with Crippen molar-refractivity contribution in [2.45, 2.75) is 16.2 Å². The number of nitro benzene ring substituents is 1. The molecule has 0 aliphatic carbocycles. The highest BCUT2D eigenvalue weighted by molar-refractivity contribution is 8.01. The number of nitrogens with zero attached hydrogens (tertiary/aromatic N) is 2. The SMILES string of the molecule is Cc1csc(Sc2ccc(C(=O)[O-])cc2[N+](=O)[O-])n1. The molecule has 0 saturated carbocycles. The molecule has 0 atom stereocenters. The molecule has 8 heteroatoms. The highest BCUT2D eigenvalue weighted by Gasteiger charge is 2.17. The Morgan fingerprint density at radius 2 is 2.21 bits per heavy atom. The van der Waals surface area contributed by atoms with Crippen LogP contribution in [0.4, 0.5) is 5.69 Å². The van der Waals surface area contributed by atoms with Crippen LogP contribution in [-0.4, -0.2) is 15.9 Å². The van der Waals surface area contributed by atoms with E-state index in [0.29, 0.717) is 9.24 Å². The number of carbonyl (C=O) groups is 1. The average molecular weight is 295 g/mol. The normalized spacial score (nSPS) is 10.4. The van der Waals surface area contributed by atoms with Gasteiger partial charge in [-0.1, -0.05) is 17.8 Å². The number of benzene rings is 1. The van der Waals surface area contributed by atoms with E-state index in [9.17, 15) is 20.0 Å². The van der Waals surface area contributed by atoms with E-state index < -0.39 is 10.9 Å². The molecule has 0 bridgehead atoms. The molecule has 0 radical (unpaired) electrons. The molecule has 1 heterocycles. The Morgan fingerprint density at radius 1 is 1.47 bits per heavy atom. The van der Waals surface area contributed by atoms with Crippen LogP contribution in [0.2, 0.25) is 0 Å². The largest absolute Gasteiger partial charge is 0.545 e. The summed E-state index contributed by atoms with van der Waals surface area (Å²) in [6.45, 7) is 1.83. The van der Waals surface area contributed by atoms with Crippen LogP contribution in [0.5, 0.6) is 0 Å². The van der Waals surface area contributed by atoms with Gasteiger partial charge in [0, 0.05) is 22.7 Å². The zero-order valence-corrected chi connectivity index (χ0v) is 11.3. The minimum absolute atomic E-state index is 0.216. The van der Waals surface area contributed by atoms with Crippen LogP contribution in [0, 0.1) is 17.0 Å². The van der Waals surface area contributed by atoms with Crippen molar-refractivity contribution in [1.29, 1.82) is 0 Å². The maximum atomic E-state index is 11.0. The third-order valence-electron chi connectivity index (χ3n) is 2.19. The average Bonchev–Trinajstić information content (AvgIpc) is 2.74. The van der Waals surface area contributed by atoms with Crippen molar-refractivity contribution >= 4 is 34.8 Å². The Kier molecular flexibility index (Phi) is 3.82. The van der Waals surface area contributed by atoms with E-state index in [1.54, 1.807) is 0 Å². The molecule has 19 heavy (non-hydrogen) atoms. The van der Waals surface area contributed by atoms with Crippen LogP contribution in [0.3, 0.4) is 0 Å². The highest BCUT2D eigenvalue weighted by Crippen LogP contribution is 2.36. The van der Waals surface area contributed by atoms with Gasteiger partial charge in [-0.15, -0.1) is 11.3 Å². The summed E-state index contributed by atoms with van der Waals surface area (Å²) in [7, 11) is 0. The maximum Gasteiger partial charge on any atom is 0.283 e. The van der Waals surface area contributed by atoms with Gasteiger partial charge in [0.1, 0.15) is 0 Å². The van der Waals surface area contributed by atoms with Crippen molar-refractivity contribution in [3.63, 3.8) is 0 Å². The van der Waals surface area contributed by atoms with Crippen molar-refractivity contribution in [2.24, 2.45) is 0 Å². The van der Waals surface area contributed by atoms with E-state index >= 15 is 0 Å². The number of carboxylic acids is 1. The molecule has 0 fully saturated rings. The Balaban J connectivity index is 2.39. The van der Waals surface area contributed by atoms with Gasteiger partial charge in [0.15, 0.2) is 4.34 Å². The van der Waals surface area contributed by atoms with Crippen LogP contribution < -0.4 is 5.11 Å². The number of aromatic nitrogens is 1. The van der Waals surface area contributed by atoms with Crippen LogP contribution in [0.25, 0.3) is 0 Å². The summed E-state index contributed by atoms with van der Waals surface area (Å²) in [5, 5.41) is 23.5. The van der Waals surface area contributed by atoms with E-state index in [-0.39, 0.29) is 11.3 Å². The molecule has 1 aromatic heterocycles. The van der Waals surface area contributed by atoms with Gasteiger partial charge in [-0.2, -0.15) is 0 Å². The molecule has 2 aromatic rings. The van der Waals surface area contributed by atoms with Crippen LogP contribution >= 0.6 is 23.1 Å². The van der Waals surface area contributed by atoms with E-state index in [1.165, 1.54) is 23.5 Å². The lowest BCUT2D eigenvalue weighted by Gasteiger charge is -2.05. The highest BCUT2D eigenvalue weighted by atomic mass is 32.2. The molecular weight excluding hydrogens is 288 g/mol. The Bertz CT molecular complexity index is 654. The van der Waals surface area contributed by atoms with Crippen molar-refractivity contribution in [2.75, 3.05) is 0 Å². The van der Waals surface area contributed by atoms with Gasteiger partial charge in [-0.05, 0) is 13.0 Å². The lowest BCUT2D eigenvalue weighted by atomic mass is 10.2. The van der Waals surface area contributed by atoms with Crippen molar-refractivity contribution < 1.29 is 14.8 Å². The fraction of sp³-hybridized carbons (Fsp3) is 0.0909. The molecule has 0 N–H and O–H groups in total. The second kappa shape index (κ2) is 5.37. The summed E-state index contributed by atoms with van der Waals surface area (Å²) < 4.78 is 0.668. The number of thiazole rings is 1. The molecule has 0 unspecified atom stereocenters. The van der Waals surface area contributed by atoms with Crippen molar-refractivity contribution in [3.8, 4) is 0 Å². The van der Waals surface area contributed by atoms with E-state index in [2.05, 4.69) is 4.98 Å². The second-order valence-electron chi connectivity index (χ2n) is 3.58. The predicted molar refractivity (Wildman–Crippen MR) is 68.4 cm³/mol. The number of rotatable bonds is 4. The molecule has 0 saturated heterocycles. The molecule has 6 nitrogen and oxygen atoms in total. The first kappa shape index (κ1) is 13.5. The van der Waals surface area contributed by atoms with Crippen molar-refractivity contribution in [3.05, 3.63) is 45.0 Å². The van der Waals surface area contributed by atoms with E-state index in [0.717, 1.165) is 23.5 Å². The van der Waals surface area contributed by atoms with Crippen LogP contribution in [-0.2, 0) is 0 Å². The third-order valence-corrected chi connectivity index (χ3v) is 4.31. The standard InChI is InChI=1S/C11H8N2O4S2/c1-6-5-18-11(12-6)19-9-3-2-7(10(14)15)4-8(9)13(16)17/h2-5H,1H3,(H,14,15)/p-1. The first-order valence-electron chi connectivity index (χ1n) is 5.07. The predicted octanol–water partition coefficient (Wildman–Crippen LogP) is 1.87. The molecule has 0 aliphatic rings. The maximum absolute atomic E-state index is 11.0. The van der Waals surface area contributed by atoms with Crippen molar-refractivity contribution in [1.82, 2.24) is 4.98 Å². The second-order valence-corrected chi connectivity index (χ2v) is 5.73. The quantitative estimate of drug-likeness (QED) is 0.631. The lowest BCUT2D eigenvalue weighted by Crippen LogP contribution is -2.22. The molecule has 0 amide bonds. The van der Waals surface area contributed by atoms with Gasteiger partial charge in [0.2, 0.25) is 0 Å². The summed E-state index contributed by atoms with van der Waals surface area (Å²) in [6.07, 6.45) is 0. The number of hydrogen-bond acceptors (Lipinski definition) is 7. The minimum atomic E-state index is -1.44. The van der Waals surface area contributed by atoms with Gasteiger partial charge in [0.25, 0.3) is 5.69 Å². The molecule has 0 spiro atoms. The molecule has 0 aliphatic heterocycles. The van der Waals surface area contributed by atoms with Gasteiger partial charge in [-0.25, -0.2) is 4.98 Å². The summed E-state index contributed by atoms with van der Waals surface area (Å²) in [6, 6.07) is 3.67. The number of aromatic carboxylic acids is 1. The number of nitro groups is 1. The number of aryl methyl sites for hydroxylation is 1. The van der Waals surface area contributed by atoms with E-state index in [1.807, 2.05) is 12.3 Å². The fourth-order valence-electron chi connectivity index (χ4n) is 1.35. The summed E-state index contributed by atoms with van der Waals surface area (Å²) in [4.78, 5) is 25.6. The van der Waals surface area contributed by atoms with Gasteiger partial charge in [-0.3, -0.25) is 10.1 Å². The van der Waals surface area contributed by atoms with Gasteiger partial charge in [0.05, 0.1) is 15.8 Å². The summed E-state index contributed by atoms with van der Waals surface area (Å²) in [5.74, 6) is -1.44. The Hall–Kier alpha value is -1.93. The smallest absolute Gasteiger partial charge is 0.283 e. The summed E-state index contributed by atoms with van der Waals surface area (Å²) in [5.41, 5.74) is 0.354. The Labute approximate surface area is 116 Å².